The van der Waals surface area contributed by atoms with Gasteiger partial charge in [0.2, 0.25) is 0 Å². The van der Waals surface area contributed by atoms with Gasteiger partial charge in [0, 0.05) is 18.2 Å². The Balaban J connectivity index is 2.32. The van der Waals surface area contributed by atoms with Crippen molar-refractivity contribution in [1.29, 1.82) is 5.26 Å². The zero-order valence-corrected chi connectivity index (χ0v) is 14.4. The average molecular weight is 478 g/mol. The number of hydrogen-bond donors (Lipinski definition) is 1. The maximum atomic E-state index is 8.87. The number of anilines is 2. The highest BCUT2D eigenvalue weighted by molar-refractivity contribution is 14.1. The molecular weight excluding hydrogens is 471 g/mol. The minimum Gasteiger partial charge on any atom is -0.355 e. The maximum absolute atomic E-state index is 8.87. The summed E-state index contributed by atoms with van der Waals surface area (Å²) in [7, 11) is 0. The fourth-order valence-corrected chi connectivity index (χ4v) is 2.74. The molecule has 0 bridgehead atoms. The van der Waals surface area contributed by atoms with Gasteiger partial charge in [-0.1, -0.05) is 0 Å². The van der Waals surface area contributed by atoms with Gasteiger partial charge in [0.05, 0.1) is 11.3 Å². The highest BCUT2D eigenvalue weighted by atomic mass is 127. The first kappa shape index (κ1) is 13.8. The van der Waals surface area contributed by atoms with Crippen LogP contribution in [-0.4, -0.2) is 0 Å². The minimum atomic E-state index is 0.627. The third kappa shape index (κ3) is 3.25. The van der Waals surface area contributed by atoms with Gasteiger partial charge < -0.3 is 5.32 Å². The number of nitriles is 1. The van der Waals surface area contributed by atoms with Crippen molar-refractivity contribution in [2.45, 2.75) is 0 Å². The Hall–Kier alpha value is -0.580. The molecule has 0 spiro atoms. The van der Waals surface area contributed by atoms with Crippen LogP contribution in [0.3, 0.4) is 0 Å². The Morgan fingerprint density at radius 1 is 1.06 bits per heavy atom. The molecular formula is C13H7Br2IN2. The number of benzene rings is 2. The molecule has 90 valence electrons. The van der Waals surface area contributed by atoms with Gasteiger partial charge in [-0.2, -0.15) is 5.26 Å². The van der Waals surface area contributed by atoms with Crippen molar-refractivity contribution >= 4 is 65.8 Å². The van der Waals surface area contributed by atoms with Crippen molar-refractivity contribution in [1.82, 2.24) is 0 Å². The van der Waals surface area contributed by atoms with E-state index >= 15 is 0 Å². The molecule has 0 aliphatic carbocycles. The van der Waals surface area contributed by atoms with Crippen LogP contribution >= 0.6 is 54.5 Å². The molecule has 2 rings (SSSR count). The topological polar surface area (TPSA) is 35.8 Å². The Labute approximate surface area is 136 Å². The number of nitrogens with zero attached hydrogens (tertiary/aromatic N) is 1. The summed E-state index contributed by atoms with van der Waals surface area (Å²) in [6, 6.07) is 13.8. The predicted octanol–water partition coefficient (Wildman–Crippen LogP) is 5.43. The molecule has 18 heavy (non-hydrogen) atoms. The summed E-state index contributed by atoms with van der Waals surface area (Å²) in [5.41, 5.74) is 2.56. The molecule has 0 amide bonds. The SMILES string of the molecule is N#Cc1ccc(Nc2cc(I)ccc2Br)cc1Br. The summed E-state index contributed by atoms with van der Waals surface area (Å²) < 4.78 is 2.95. The van der Waals surface area contributed by atoms with Crippen molar-refractivity contribution in [3.63, 3.8) is 0 Å². The van der Waals surface area contributed by atoms with E-state index in [9.17, 15) is 0 Å². The van der Waals surface area contributed by atoms with Crippen molar-refractivity contribution < 1.29 is 0 Å². The van der Waals surface area contributed by atoms with Crippen molar-refractivity contribution in [3.05, 3.63) is 54.5 Å². The lowest BCUT2D eigenvalue weighted by molar-refractivity contribution is 1.45. The summed E-state index contributed by atoms with van der Waals surface area (Å²) in [5.74, 6) is 0. The summed E-state index contributed by atoms with van der Waals surface area (Å²) in [5, 5.41) is 12.2. The third-order valence-corrected chi connectivity index (χ3v) is 4.32. The molecule has 0 fully saturated rings. The number of hydrogen-bond acceptors (Lipinski definition) is 2. The zero-order valence-electron chi connectivity index (χ0n) is 9.05. The van der Waals surface area contributed by atoms with Crippen molar-refractivity contribution in [2.24, 2.45) is 0 Å². The molecule has 2 nitrogen and oxygen atoms in total. The monoisotopic (exact) mass is 476 g/mol. The Morgan fingerprint density at radius 2 is 1.83 bits per heavy atom. The lowest BCUT2D eigenvalue weighted by Gasteiger charge is -2.10. The van der Waals surface area contributed by atoms with E-state index in [2.05, 4.69) is 71.9 Å². The van der Waals surface area contributed by atoms with Gasteiger partial charge >= 0.3 is 0 Å². The van der Waals surface area contributed by atoms with Gasteiger partial charge in [-0.25, -0.2) is 0 Å². The second-order valence-corrected chi connectivity index (χ2v) is 6.51. The van der Waals surface area contributed by atoms with Crippen LogP contribution in [0.1, 0.15) is 5.56 Å². The van der Waals surface area contributed by atoms with E-state index in [1.54, 1.807) is 6.07 Å². The molecule has 0 radical (unpaired) electrons. The summed E-state index contributed by atoms with van der Waals surface area (Å²) in [6.07, 6.45) is 0. The molecule has 0 aliphatic rings. The second-order valence-electron chi connectivity index (χ2n) is 3.56. The maximum Gasteiger partial charge on any atom is 0.100 e. The van der Waals surface area contributed by atoms with Gasteiger partial charge in [0.15, 0.2) is 0 Å². The zero-order chi connectivity index (χ0) is 13.1. The lowest BCUT2D eigenvalue weighted by Crippen LogP contribution is -1.92. The molecule has 0 aliphatic heterocycles. The summed E-state index contributed by atoms with van der Waals surface area (Å²) in [4.78, 5) is 0. The van der Waals surface area contributed by atoms with E-state index in [-0.39, 0.29) is 0 Å². The van der Waals surface area contributed by atoms with E-state index < -0.39 is 0 Å². The molecule has 5 heteroatoms. The summed E-state index contributed by atoms with van der Waals surface area (Å²) in [6.45, 7) is 0. The van der Waals surface area contributed by atoms with E-state index in [0.29, 0.717) is 5.56 Å². The van der Waals surface area contributed by atoms with Gasteiger partial charge in [0.1, 0.15) is 6.07 Å². The predicted molar refractivity (Wildman–Crippen MR) is 89.0 cm³/mol. The third-order valence-electron chi connectivity index (χ3n) is 2.30. The molecule has 0 saturated carbocycles. The second kappa shape index (κ2) is 6.04. The molecule has 1 N–H and O–H groups in total. The van der Waals surface area contributed by atoms with Crippen LogP contribution in [0.25, 0.3) is 0 Å². The molecule has 0 heterocycles. The number of rotatable bonds is 2. The van der Waals surface area contributed by atoms with E-state index in [0.717, 1.165) is 23.9 Å². The van der Waals surface area contributed by atoms with Crippen LogP contribution in [-0.2, 0) is 0 Å². The number of halogens is 3. The van der Waals surface area contributed by atoms with Crippen LogP contribution in [0.5, 0.6) is 0 Å². The van der Waals surface area contributed by atoms with Crippen LogP contribution < -0.4 is 5.32 Å². The average Bonchev–Trinajstić information content (AvgIpc) is 2.34. The first-order valence-corrected chi connectivity index (χ1v) is 7.68. The Kier molecular flexibility index (Phi) is 4.65. The van der Waals surface area contributed by atoms with E-state index in [1.165, 1.54) is 0 Å². The standard InChI is InChI=1S/C13H7Br2IN2/c14-11-4-2-9(16)5-13(11)18-10-3-1-8(7-17)12(15)6-10/h1-6,18H. The molecule has 2 aromatic carbocycles. The van der Waals surface area contributed by atoms with Crippen molar-refractivity contribution in [2.75, 3.05) is 5.32 Å². The Morgan fingerprint density at radius 3 is 2.50 bits per heavy atom. The quantitative estimate of drug-likeness (QED) is 0.585. The molecule has 2 aromatic rings. The van der Waals surface area contributed by atoms with Crippen LogP contribution in [0, 0.1) is 14.9 Å². The molecule has 0 atom stereocenters. The molecule has 0 saturated heterocycles. The first-order valence-electron chi connectivity index (χ1n) is 5.02. The number of nitrogens with one attached hydrogen (secondary N) is 1. The van der Waals surface area contributed by atoms with Crippen LogP contribution in [0.4, 0.5) is 11.4 Å². The fourth-order valence-electron chi connectivity index (χ4n) is 1.43. The van der Waals surface area contributed by atoms with Gasteiger partial charge in [-0.05, 0) is 90.8 Å². The first-order chi connectivity index (χ1) is 8.60. The van der Waals surface area contributed by atoms with Gasteiger partial charge in [0.25, 0.3) is 0 Å². The smallest absolute Gasteiger partial charge is 0.100 e. The molecule has 0 unspecified atom stereocenters. The summed E-state index contributed by atoms with van der Waals surface area (Å²) >= 11 is 9.15. The largest absolute Gasteiger partial charge is 0.355 e. The Bertz CT molecular complexity index is 635. The van der Waals surface area contributed by atoms with Crippen LogP contribution in [0.15, 0.2) is 45.3 Å². The van der Waals surface area contributed by atoms with Crippen LogP contribution in [0.2, 0.25) is 0 Å². The fraction of sp³-hybridized carbons (Fsp3) is 0. The normalized spacial score (nSPS) is 9.89. The van der Waals surface area contributed by atoms with Crippen molar-refractivity contribution in [3.8, 4) is 6.07 Å². The minimum absolute atomic E-state index is 0.627. The van der Waals surface area contributed by atoms with Gasteiger partial charge in [-0.3, -0.25) is 0 Å². The van der Waals surface area contributed by atoms with E-state index in [4.69, 9.17) is 5.26 Å². The van der Waals surface area contributed by atoms with E-state index in [1.807, 2.05) is 24.3 Å². The molecule has 0 aromatic heterocycles. The lowest BCUT2D eigenvalue weighted by atomic mass is 10.2. The highest BCUT2D eigenvalue weighted by Gasteiger charge is 2.04. The highest BCUT2D eigenvalue weighted by Crippen LogP contribution is 2.29. The van der Waals surface area contributed by atoms with Gasteiger partial charge in [-0.15, -0.1) is 0 Å².